The molecule has 160 valence electrons. The first-order valence-electron chi connectivity index (χ1n) is 8.76. The maximum absolute atomic E-state index is 12.1. The van der Waals surface area contributed by atoms with Crippen molar-refractivity contribution in [3.8, 4) is 5.75 Å². The molecule has 0 fully saturated rings. The number of hydrogen-bond acceptors (Lipinski definition) is 7. The molecule has 0 heterocycles. The van der Waals surface area contributed by atoms with Crippen LogP contribution >= 0.6 is 0 Å². The van der Waals surface area contributed by atoms with Crippen molar-refractivity contribution in [2.45, 2.75) is 9.79 Å². The number of nitrogens with two attached hydrogens (primary N) is 1. The Labute approximate surface area is 177 Å². The van der Waals surface area contributed by atoms with Gasteiger partial charge in [-0.3, -0.25) is 9.11 Å². The molecular formula is C20H16N2O7S2. The van der Waals surface area contributed by atoms with Crippen LogP contribution in [0.4, 0.5) is 17.1 Å². The summed E-state index contributed by atoms with van der Waals surface area (Å²) < 4.78 is 66.2. The van der Waals surface area contributed by atoms with Gasteiger partial charge >= 0.3 is 0 Å². The van der Waals surface area contributed by atoms with Crippen LogP contribution in [0.25, 0.3) is 21.5 Å². The number of anilines is 3. The van der Waals surface area contributed by atoms with Gasteiger partial charge < -0.3 is 16.2 Å². The van der Waals surface area contributed by atoms with Gasteiger partial charge in [-0.2, -0.15) is 16.8 Å². The fraction of sp³-hybridized carbons (Fsp3) is 0. The number of aromatic hydroxyl groups is 1. The number of rotatable bonds is 4. The van der Waals surface area contributed by atoms with Crippen molar-refractivity contribution in [1.82, 2.24) is 0 Å². The van der Waals surface area contributed by atoms with Gasteiger partial charge in [-0.25, -0.2) is 0 Å². The van der Waals surface area contributed by atoms with Crippen molar-refractivity contribution in [3.63, 3.8) is 0 Å². The molecule has 0 aliphatic rings. The van der Waals surface area contributed by atoms with Crippen LogP contribution in [0.1, 0.15) is 0 Å². The first-order chi connectivity index (χ1) is 14.5. The average molecular weight is 460 g/mol. The molecule has 0 aliphatic carbocycles. The molecule has 11 heteroatoms. The molecule has 6 N–H and O–H groups in total. The number of phenols is 1. The lowest BCUT2D eigenvalue weighted by atomic mass is 10.1. The second-order valence-electron chi connectivity index (χ2n) is 6.81. The van der Waals surface area contributed by atoms with Gasteiger partial charge in [0.1, 0.15) is 16.3 Å². The minimum Gasteiger partial charge on any atom is -0.505 e. The molecule has 0 bridgehead atoms. The lowest BCUT2D eigenvalue weighted by molar-refractivity contribution is 0.473. The number of benzene rings is 4. The standard InChI is InChI=1S/C20H16N2O7S2/c21-15-10-13(30(24,25)26)8-12-9-17(31(27,28)29)19(20(23)18(12)15)22-16-7-3-5-11-4-1-2-6-14(11)16/h1-10,22-23H,21H2,(H,24,25,26)(H,27,28,29). The summed E-state index contributed by atoms with van der Waals surface area (Å²) in [6.07, 6.45) is 0. The lowest BCUT2D eigenvalue weighted by Crippen LogP contribution is -2.06. The Bertz CT molecular complexity index is 1580. The van der Waals surface area contributed by atoms with Crippen molar-refractivity contribution in [1.29, 1.82) is 0 Å². The van der Waals surface area contributed by atoms with Gasteiger partial charge in [-0.05, 0) is 35.0 Å². The topological polar surface area (TPSA) is 167 Å². The summed E-state index contributed by atoms with van der Waals surface area (Å²) in [5.74, 6) is -0.613. The van der Waals surface area contributed by atoms with Crippen LogP contribution in [-0.4, -0.2) is 31.0 Å². The summed E-state index contributed by atoms with van der Waals surface area (Å²) in [5, 5.41) is 15.1. The molecule has 0 atom stereocenters. The van der Waals surface area contributed by atoms with Crippen LogP contribution in [0, 0.1) is 0 Å². The second kappa shape index (κ2) is 7.10. The number of fused-ring (bicyclic) bond motifs is 2. The minimum atomic E-state index is -4.86. The molecule has 0 aliphatic heterocycles. The number of nitrogens with one attached hydrogen (secondary N) is 1. The highest BCUT2D eigenvalue weighted by molar-refractivity contribution is 7.86. The van der Waals surface area contributed by atoms with Crippen LogP contribution in [0.15, 0.2) is 70.5 Å². The van der Waals surface area contributed by atoms with Gasteiger partial charge in [0.05, 0.1) is 4.90 Å². The Morgan fingerprint density at radius 1 is 0.806 bits per heavy atom. The molecular weight excluding hydrogens is 444 g/mol. The Morgan fingerprint density at radius 3 is 2.16 bits per heavy atom. The van der Waals surface area contributed by atoms with Crippen LogP contribution in [0.5, 0.6) is 5.75 Å². The van der Waals surface area contributed by atoms with Gasteiger partial charge in [0.25, 0.3) is 20.2 Å². The van der Waals surface area contributed by atoms with E-state index in [1.54, 1.807) is 24.3 Å². The van der Waals surface area contributed by atoms with Crippen LogP contribution in [-0.2, 0) is 20.2 Å². The SMILES string of the molecule is Nc1cc(S(=O)(=O)O)cc2cc(S(=O)(=O)O)c(Nc3cccc4ccccc34)c(O)c12. The highest BCUT2D eigenvalue weighted by Crippen LogP contribution is 2.44. The molecule has 0 saturated heterocycles. The predicted molar refractivity (Wildman–Crippen MR) is 117 cm³/mol. The van der Waals surface area contributed by atoms with E-state index in [-0.39, 0.29) is 22.1 Å². The molecule has 4 aromatic carbocycles. The van der Waals surface area contributed by atoms with Gasteiger partial charge in [-0.1, -0.05) is 36.4 Å². The van der Waals surface area contributed by atoms with Crippen molar-refractivity contribution in [2.24, 2.45) is 0 Å². The normalized spacial score (nSPS) is 12.3. The molecule has 31 heavy (non-hydrogen) atoms. The highest BCUT2D eigenvalue weighted by Gasteiger charge is 2.25. The van der Waals surface area contributed by atoms with E-state index in [0.717, 1.165) is 29.0 Å². The zero-order valence-electron chi connectivity index (χ0n) is 15.6. The van der Waals surface area contributed by atoms with E-state index < -0.39 is 35.8 Å². The Balaban J connectivity index is 2.04. The number of phenolic OH excluding ortho intramolecular Hbond substituents is 1. The summed E-state index contributed by atoms with van der Waals surface area (Å²) in [6, 6.07) is 15.3. The zero-order chi connectivity index (χ0) is 22.6. The first-order valence-corrected chi connectivity index (χ1v) is 11.6. The molecule has 0 saturated carbocycles. The molecule has 4 rings (SSSR count). The van der Waals surface area contributed by atoms with Crippen LogP contribution in [0.3, 0.4) is 0 Å². The number of nitrogen functional groups attached to an aromatic ring is 1. The quantitative estimate of drug-likeness (QED) is 0.174. The third kappa shape index (κ3) is 3.75. The van der Waals surface area contributed by atoms with Gasteiger partial charge in [-0.15, -0.1) is 0 Å². The third-order valence-electron chi connectivity index (χ3n) is 4.80. The van der Waals surface area contributed by atoms with Gasteiger partial charge in [0.2, 0.25) is 0 Å². The summed E-state index contributed by atoms with van der Waals surface area (Å²) in [7, 11) is -9.51. The maximum atomic E-state index is 12.1. The van der Waals surface area contributed by atoms with E-state index in [0.29, 0.717) is 5.69 Å². The lowest BCUT2D eigenvalue weighted by Gasteiger charge is -2.17. The van der Waals surface area contributed by atoms with E-state index in [4.69, 9.17) is 5.73 Å². The largest absolute Gasteiger partial charge is 0.505 e. The molecule has 4 aromatic rings. The summed E-state index contributed by atoms with van der Waals surface area (Å²) >= 11 is 0. The summed E-state index contributed by atoms with van der Waals surface area (Å²) in [5.41, 5.74) is 5.79. The van der Waals surface area contributed by atoms with Crippen LogP contribution < -0.4 is 11.1 Å². The van der Waals surface area contributed by atoms with Crippen molar-refractivity contribution < 1.29 is 31.0 Å². The Kier molecular flexibility index (Phi) is 4.78. The molecule has 9 nitrogen and oxygen atoms in total. The fourth-order valence-corrected chi connectivity index (χ4v) is 4.68. The molecule has 0 spiro atoms. The van der Waals surface area contributed by atoms with E-state index in [9.17, 15) is 31.0 Å². The van der Waals surface area contributed by atoms with E-state index in [1.165, 1.54) is 0 Å². The van der Waals surface area contributed by atoms with E-state index in [2.05, 4.69) is 5.32 Å². The van der Waals surface area contributed by atoms with Gasteiger partial charge in [0, 0.05) is 22.1 Å². The Hall–Kier alpha value is -3.38. The smallest absolute Gasteiger partial charge is 0.296 e. The molecule has 0 radical (unpaired) electrons. The number of hydrogen-bond donors (Lipinski definition) is 5. The van der Waals surface area contributed by atoms with E-state index >= 15 is 0 Å². The summed E-state index contributed by atoms with van der Waals surface area (Å²) in [6.45, 7) is 0. The highest BCUT2D eigenvalue weighted by atomic mass is 32.2. The zero-order valence-corrected chi connectivity index (χ0v) is 17.3. The molecule has 0 unspecified atom stereocenters. The van der Waals surface area contributed by atoms with Crippen molar-refractivity contribution >= 4 is 58.8 Å². The van der Waals surface area contributed by atoms with Crippen LogP contribution in [0.2, 0.25) is 0 Å². The minimum absolute atomic E-state index is 0.0532. The third-order valence-corrected chi connectivity index (χ3v) is 6.51. The molecule has 0 amide bonds. The monoisotopic (exact) mass is 460 g/mol. The van der Waals surface area contributed by atoms with E-state index in [1.807, 2.05) is 18.2 Å². The predicted octanol–water partition coefficient (Wildman–Crippen LogP) is 3.52. The molecule has 0 aromatic heterocycles. The fourth-order valence-electron chi connectivity index (χ4n) is 3.44. The maximum Gasteiger partial charge on any atom is 0.296 e. The second-order valence-corrected chi connectivity index (χ2v) is 9.62. The van der Waals surface area contributed by atoms with Crippen molar-refractivity contribution in [3.05, 3.63) is 60.7 Å². The van der Waals surface area contributed by atoms with Gasteiger partial charge in [0.15, 0.2) is 0 Å². The first kappa shape index (κ1) is 20.9. The summed E-state index contributed by atoms with van der Waals surface area (Å²) in [4.78, 5) is -1.29. The van der Waals surface area contributed by atoms with Crippen molar-refractivity contribution in [2.75, 3.05) is 11.1 Å². The Morgan fingerprint density at radius 2 is 1.48 bits per heavy atom. The average Bonchev–Trinajstić information content (AvgIpc) is 2.68.